The van der Waals surface area contributed by atoms with Gasteiger partial charge in [-0.1, -0.05) is 32.6 Å². The maximum absolute atomic E-state index is 12.2. The summed E-state index contributed by atoms with van der Waals surface area (Å²) in [4.78, 5) is 24.2. The minimum Gasteiger partial charge on any atom is -0.266 e. The van der Waals surface area contributed by atoms with Gasteiger partial charge >= 0.3 is 0 Å². The van der Waals surface area contributed by atoms with Crippen LogP contribution in [-0.4, -0.2) is 25.3 Å². The molecular weight excluding hydrogens is 282 g/mol. The first-order chi connectivity index (χ1) is 9.34. The Morgan fingerprint density at radius 1 is 1.20 bits per heavy atom. The minimum absolute atomic E-state index is 0.0424. The van der Waals surface area contributed by atoms with Crippen LogP contribution in [0.1, 0.15) is 41.3 Å². The second-order valence-electron chi connectivity index (χ2n) is 4.61. The lowest BCUT2D eigenvalue weighted by Gasteiger charge is -2.27. The number of benzene rings is 1. The Morgan fingerprint density at radius 3 is 2.40 bits per heavy atom. The van der Waals surface area contributed by atoms with Crippen molar-refractivity contribution < 1.29 is 22.3 Å². The molecule has 2 amide bonds. The summed E-state index contributed by atoms with van der Waals surface area (Å²) in [7, 11) is -3.36. The molecule has 1 aliphatic heterocycles. The van der Waals surface area contributed by atoms with E-state index < -0.39 is 22.8 Å². The van der Waals surface area contributed by atoms with E-state index >= 15 is 0 Å². The van der Waals surface area contributed by atoms with Gasteiger partial charge in [0, 0.05) is 11.1 Å². The first-order valence-electron chi connectivity index (χ1n) is 5.88. The highest BCUT2D eigenvalue weighted by molar-refractivity contribution is 7.67. The number of carbonyl (C=O) groups excluding carboxylic acids is 2. The molecule has 0 aliphatic carbocycles. The average Bonchev–Trinajstić information content (AvgIpc) is 2.40. The highest BCUT2D eigenvalue weighted by atomic mass is 32.2. The highest BCUT2D eigenvalue weighted by Gasteiger charge is 2.37. The van der Waals surface area contributed by atoms with Gasteiger partial charge in [-0.05, 0) is 17.5 Å². The van der Waals surface area contributed by atoms with E-state index in [1.165, 1.54) is 6.07 Å². The van der Waals surface area contributed by atoms with Crippen molar-refractivity contribution in [2.24, 2.45) is 0 Å². The minimum atomic E-state index is -3.36. The van der Waals surface area contributed by atoms with Gasteiger partial charge in [0.1, 0.15) is 0 Å². The molecule has 1 aromatic carbocycles. The summed E-state index contributed by atoms with van der Waals surface area (Å²) < 4.78 is 25.5. The number of fused-ring (bicyclic) bond motifs is 1. The number of amides is 2. The van der Waals surface area contributed by atoms with Crippen molar-refractivity contribution in [1.82, 2.24) is 5.06 Å². The van der Waals surface area contributed by atoms with Gasteiger partial charge in [0.05, 0.1) is 5.56 Å². The van der Waals surface area contributed by atoms with Gasteiger partial charge in [-0.3, -0.25) is 9.59 Å². The van der Waals surface area contributed by atoms with E-state index in [9.17, 15) is 18.0 Å². The molecule has 106 valence electrons. The van der Waals surface area contributed by atoms with Gasteiger partial charge in [-0.25, -0.2) is 8.42 Å². The predicted molar refractivity (Wildman–Crippen MR) is 72.1 cm³/mol. The maximum atomic E-state index is 12.2. The van der Waals surface area contributed by atoms with Crippen LogP contribution in [-0.2, 0) is 20.1 Å². The Labute approximate surface area is 117 Å². The van der Waals surface area contributed by atoms with Crippen molar-refractivity contribution in [3.8, 4) is 0 Å². The zero-order chi connectivity index (χ0) is 15.0. The van der Waals surface area contributed by atoms with Gasteiger partial charge in [-0.15, -0.1) is 9.35 Å². The van der Waals surface area contributed by atoms with Crippen molar-refractivity contribution in [2.45, 2.75) is 19.8 Å². The smallest absolute Gasteiger partial charge is 0.266 e. The van der Waals surface area contributed by atoms with Crippen LogP contribution in [0.2, 0.25) is 0 Å². The van der Waals surface area contributed by atoms with Crippen molar-refractivity contribution in [2.75, 3.05) is 0 Å². The third-order valence-corrected chi connectivity index (χ3v) is 3.32. The number of rotatable bonds is 3. The van der Waals surface area contributed by atoms with E-state index in [1.807, 2.05) is 13.8 Å². The molecule has 2 rings (SSSR count). The van der Waals surface area contributed by atoms with Crippen LogP contribution in [0.3, 0.4) is 0 Å². The molecule has 0 N–H and O–H groups in total. The summed E-state index contributed by atoms with van der Waals surface area (Å²) in [5.41, 5.74) is 1.51. The topological polar surface area (TPSA) is 80.8 Å². The molecule has 7 heteroatoms. The Balaban J connectivity index is 2.63. The van der Waals surface area contributed by atoms with Crippen LogP contribution < -0.4 is 0 Å². The van der Waals surface area contributed by atoms with Crippen molar-refractivity contribution >= 4 is 28.4 Å². The maximum Gasteiger partial charge on any atom is 0.286 e. The molecular formula is C13H13NO5S. The first kappa shape index (κ1) is 14.4. The second-order valence-corrected chi connectivity index (χ2v) is 5.22. The lowest BCUT2D eigenvalue weighted by atomic mass is 9.86. The molecule has 0 saturated heterocycles. The first-order valence-corrected chi connectivity index (χ1v) is 6.97. The summed E-state index contributed by atoms with van der Waals surface area (Å²) in [6.07, 6.45) is 0. The van der Waals surface area contributed by atoms with Crippen LogP contribution >= 0.6 is 0 Å². The van der Waals surface area contributed by atoms with E-state index in [1.54, 1.807) is 12.1 Å². The second kappa shape index (κ2) is 5.18. The summed E-state index contributed by atoms with van der Waals surface area (Å²) >= 11 is 0. The van der Waals surface area contributed by atoms with E-state index in [4.69, 9.17) is 0 Å². The molecule has 0 fully saturated rings. The lowest BCUT2D eigenvalue weighted by Crippen LogP contribution is -2.41. The summed E-state index contributed by atoms with van der Waals surface area (Å²) in [6.45, 7) is 7.50. The third-order valence-electron chi connectivity index (χ3n) is 3.03. The Kier molecular flexibility index (Phi) is 3.74. The fourth-order valence-electron chi connectivity index (χ4n) is 2.14. The number of carbonyl (C=O) groups is 2. The largest absolute Gasteiger partial charge is 0.286 e. The molecule has 0 aromatic heterocycles. The summed E-state index contributed by atoms with van der Waals surface area (Å²) in [5.74, 6) is -1.58. The van der Waals surface area contributed by atoms with E-state index in [0.717, 1.165) is 5.56 Å². The Hall–Kier alpha value is -1.99. The van der Waals surface area contributed by atoms with E-state index in [-0.39, 0.29) is 22.1 Å². The van der Waals surface area contributed by atoms with E-state index in [0.29, 0.717) is 5.56 Å². The molecule has 0 radical (unpaired) electrons. The third kappa shape index (κ3) is 2.25. The summed E-state index contributed by atoms with van der Waals surface area (Å²) in [5, 5.41) is 0.223. The zero-order valence-electron chi connectivity index (χ0n) is 11.0. The normalized spacial score (nSPS) is 15.2. The quantitative estimate of drug-likeness (QED) is 0.516. The SMILES string of the molecule is C=C1C(=O)N(O[SH](=O)=O)C(=O)c2cccc(C(C)C)c21. The van der Waals surface area contributed by atoms with Crippen LogP contribution in [0.4, 0.5) is 0 Å². The number of nitrogens with zero attached hydrogens (tertiary/aromatic N) is 1. The number of hydrogen-bond donors (Lipinski definition) is 1. The molecule has 0 bridgehead atoms. The van der Waals surface area contributed by atoms with Crippen LogP contribution in [0.25, 0.3) is 5.57 Å². The van der Waals surface area contributed by atoms with Crippen molar-refractivity contribution in [3.05, 3.63) is 41.5 Å². The van der Waals surface area contributed by atoms with Gasteiger partial charge in [0.25, 0.3) is 22.8 Å². The molecule has 20 heavy (non-hydrogen) atoms. The Bertz CT molecular complexity index is 682. The number of hydroxylamine groups is 2. The van der Waals surface area contributed by atoms with Crippen LogP contribution in [0.5, 0.6) is 0 Å². The molecule has 1 aliphatic rings. The van der Waals surface area contributed by atoms with Crippen LogP contribution in [0, 0.1) is 0 Å². The average molecular weight is 295 g/mol. The lowest BCUT2D eigenvalue weighted by molar-refractivity contribution is -0.140. The molecule has 1 heterocycles. The van der Waals surface area contributed by atoms with Gasteiger partial charge in [-0.2, -0.15) is 0 Å². The molecule has 0 atom stereocenters. The summed E-state index contributed by atoms with van der Waals surface area (Å²) in [6, 6.07) is 4.99. The molecule has 0 saturated carbocycles. The van der Waals surface area contributed by atoms with Gasteiger partial charge < -0.3 is 0 Å². The zero-order valence-corrected chi connectivity index (χ0v) is 11.8. The van der Waals surface area contributed by atoms with E-state index in [2.05, 4.69) is 10.9 Å². The fraction of sp³-hybridized carbons (Fsp3) is 0.231. The molecule has 1 aromatic rings. The number of imide groups is 1. The Morgan fingerprint density at radius 2 is 1.85 bits per heavy atom. The van der Waals surface area contributed by atoms with Gasteiger partial charge in [0.15, 0.2) is 0 Å². The van der Waals surface area contributed by atoms with Crippen molar-refractivity contribution in [1.29, 1.82) is 0 Å². The fourth-order valence-corrected chi connectivity index (χ4v) is 2.42. The highest BCUT2D eigenvalue weighted by Crippen LogP contribution is 2.33. The predicted octanol–water partition coefficient (Wildman–Crippen LogP) is 1.26. The van der Waals surface area contributed by atoms with Gasteiger partial charge in [0.2, 0.25) is 0 Å². The number of hydrogen-bond acceptors (Lipinski definition) is 5. The molecule has 6 nitrogen and oxygen atoms in total. The van der Waals surface area contributed by atoms with Crippen LogP contribution in [0.15, 0.2) is 24.8 Å². The monoisotopic (exact) mass is 295 g/mol. The molecule has 0 unspecified atom stereocenters. The van der Waals surface area contributed by atoms with Crippen molar-refractivity contribution in [3.63, 3.8) is 0 Å². The number of thiol groups is 1. The standard InChI is InChI=1S/C13H13NO5S/c1-7(2)9-5-4-6-10-11(9)8(3)12(15)14(13(10)16)19-20(17)18/h4-7,20H,3H2,1-2H3. The molecule has 0 spiro atoms.